The Hall–Kier alpha value is -2.92. The summed E-state index contributed by atoms with van der Waals surface area (Å²) < 4.78 is 37.3. The van der Waals surface area contributed by atoms with E-state index in [0.717, 1.165) is 24.8 Å². The number of aliphatic hydroxyl groups is 2. The number of nitriles is 1. The first-order valence-corrected chi connectivity index (χ1v) is 21.0. The minimum Gasteiger partial charge on any atom is -0.387 e. The molecule has 0 bridgehead atoms. The van der Waals surface area contributed by atoms with Gasteiger partial charge >= 0.3 is 7.82 Å². The van der Waals surface area contributed by atoms with Crippen molar-refractivity contribution in [3.8, 4) is 6.07 Å². The Morgan fingerprint density at radius 2 is 1.57 bits per heavy atom. The molecule has 2 aliphatic rings. The largest absolute Gasteiger partial charge is 0.472 e. The summed E-state index contributed by atoms with van der Waals surface area (Å²) in [7, 11) is -4.84. The molecule has 7 atom stereocenters. The van der Waals surface area contributed by atoms with Gasteiger partial charge in [-0.15, -0.1) is 0 Å². The van der Waals surface area contributed by atoms with Crippen LogP contribution in [0.3, 0.4) is 0 Å². The maximum atomic E-state index is 13.2. The van der Waals surface area contributed by atoms with E-state index < -0.39 is 43.4 Å². The highest BCUT2D eigenvalue weighted by molar-refractivity contribution is 7.47. The maximum Gasteiger partial charge on any atom is 0.472 e. The van der Waals surface area contributed by atoms with Gasteiger partial charge in [0.25, 0.3) is 0 Å². The zero-order chi connectivity index (χ0) is 37.7. The lowest BCUT2D eigenvalue weighted by Gasteiger charge is -2.24. The molecular weight excluding hydrogens is 697 g/mol. The molecule has 1 aliphatic heterocycles. The molecule has 3 aromatic rings. The highest BCUT2D eigenvalue weighted by Crippen LogP contribution is 2.68. The molecule has 1 saturated heterocycles. The van der Waals surface area contributed by atoms with Crippen LogP contribution in [-0.2, 0) is 29.7 Å². The van der Waals surface area contributed by atoms with Crippen LogP contribution in [-0.4, -0.2) is 65.8 Å². The van der Waals surface area contributed by atoms with Gasteiger partial charge in [-0.3, -0.25) is 9.05 Å². The second-order valence-corrected chi connectivity index (χ2v) is 16.0. The molecule has 0 spiro atoms. The zero-order valence-corrected chi connectivity index (χ0v) is 32.0. The highest BCUT2D eigenvalue weighted by atomic mass is 31.2. The van der Waals surface area contributed by atoms with E-state index in [1.807, 2.05) is 36.4 Å². The third-order valence-corrected chi connectivity index (χ3v) is 11.6. The van der Waals surface area contributed by atoms with E-state index in [0.29, 0.717) is 24.2 Å². The fourth-order valence-corrected chi connectivity index (χ4v) is 8.44. The highest BCUT2D eigenvalue weighted by Gasteiger charge is 2.90. The van der Waals surface area contributed by atoms with E-state index in [2.05, 4.69) is 17.0 Å². The van der Waals surface area contributed by atoms with Crippen LogP contribution >= 0.6 is 7.82 Å². The van der Waals surface area contributed by atoms with Crippen molar-refractivity contribution in [1.82, 2.24) is 14.6 Å². The van der Waals surface area contributed by atoms with E-state index in [9.17, 15) is 24.9 Å². The SMILES string of the molecule is CCCCCCCCCCCCCCCCCC[C@@H](COP(=O)(O)O[C@H]1[C@]2(O)[C@@H](O)[C@@H](c3ccc4c(N)ncnn34)O[C@]12C#N)OCc1ccccc1. The number of hydrogen-bond acceptors (Lipinski definition) is 11. The number of hydrogen-bond donors (Lipinski definition) is 4. The molecule has 0 amide bonds. The molecule has 1 aliphatic carbocycles. The quantitative estimate of drug-likeness (QED) is 0.0466. The Labute approximate surface area is 313 Å². The van der Waals surface area contributed by atoms with Gasteiger partial charge in [-0.05, 0) is 24.1 Å². The smallest absolute Gasteiger partial charge is 0.387 e. The molecular formula is C39H58N5O8P. The summed E-state index contributed by atoms with van der Waals surface area (Å²) in [6, 6.07) is 14.7. The van der Waals surface area contributed by atoms with Crippen molar-refractivity contribution in [2.45, 2.75) is 158 Å². The van der Waals surface area contributed by atoms with E-state index in [4.69, 9.17) is 24.3 Å². The molecule has 1 aromatic carbocycles. The third-order valence-electron chi connectivity index (χ3n) is 10.7. The first-order valence-electron chi connectivity index (χ1n) is 19.6. The number of rotatable bonds is 26. The number of aromatic nitrogens is 3. The first-order chi connectivity index (χ1) is 25.7. The van der Waals surface area contributed by atoms with Crippen LogP contribution in [0.4, 0.5) is 5.82 Å². The van der Waals surface area contributed by atoms with Gasteiger partial charge in [-0.1, -0.05) is 140 Å². The summed E-state index contributed by atoms with van der Waals surface area (Å²) in [5.41, 5.74) is 3.22. The topological polar surface area (TPSA) is 195 Å². The molecule has 3 heterocycles. The number of nitrogens with zero attached hydrogens (tertiary/aromatic N) is 4. The third kappa shape index (κ3) is 10.2. The molecule has 14 heteroatoms. The van der Waals surface area contributed by atoms with Crippen molar-refractivity contribution in [1.29, 1.82) is 5.26 Å². The van der Waals surface area contributed by atoms with Gasteiger partial charge in [0.2, 0.25) is 5.60 Å². The number of ether oxygens (including phenoxy) is 2. The molecule has 2 fully saturated rings. The second kappa shape index (κ2) is 19.6. The molecule has 5 rings (SSSR count). The van der Waals surface area contributed by atoms with Gasteiger partial charge in [0.05, 0.1) is 25.0 Å². The number of phosphoric ester groups is 1. The molecule has 1 unspecified atom stereocenters. The number of fused-ring (bicyclic) bond motifs is 2. The lowest BCUT2D eigenvalue weighted by atomic mass is 10.0. The average molecular weight is 756 g/mol. The van der Waals surface area contributed by atoms with Crippen LogP contribution in [0.2, 0.25) is 0 Å². The lowest BCUT2D eigenvalue weighted by Crippen LogP contribution is -2.35. The molecule has 0 radical (unpaired) electrons. The fraction of sp³-hybridized carbons (Fsp3) is 0.667. The minimum atomic E-state index is -4.84. The number of aliphatic hydroxyl groups excluding tert-OH is 1. The number of phosphoric acid groups is 1. The average Bonchev–Trinajstić information content (AvgIpc) is 3.39. The Kier molecular flexibility index (Phi) is 15.3. The van der Waals surface area contributed by atoms with Gasteiger partial charge < -0.3 is 30.3 Å². The molecule has 5 N–H and O–H groups in total. The Balaban J connectivity index is 1.04. The van der Waals surface area contributed by atoms with E-state index in [1.165, 1.54) is 94.3 Å². The van der Waals surface area contributed by atoms with Crippen LogP contribution in [0.5, 0.6) is 0 Å². The lowest BCUT2D eigenvalue weighted by molar-refractivity contribution is -0.0769. The minimum absolute atomic E-state index is 0.193. The molecule has 1 saturated carbocycles. The predicted octanol–water partition coefficient (Wildman–Crippen LogP) is 7.49. The summed E-state index contributed by atoms with van der Waals surface area (Å²) in [6.07, 6.45) is 17.0. The van der Waals surface area contributed by atoms with Crippen LogP contribution in [0.15, 0.2) is 48.8 Å². The first kappa shape index (κ1) is 41.2. The van der Waals surface area contributed by atoms with Crippen molar-refractivity contribution in [2.75, 3.05) is 12.3 Å². The number of nitrogens with two attached hydrogens (primary N) is 1. The summed E-state index contributed by atoms with van der Waals surface area (Å²) in [6.45, 7) is 2.32. The van der Waals surface area contributed by atoms with E-state index >= 15 is 0 Å². The monoisotopic (exact) mass is 755 g/mol. The summed E-state index contributed by atoms with van der Waals surface area (Å²) in [5, 5.41) is 36.7. The molecule has 292 valence electrons. The fourth-order valence-electron chi connectivity index (χ4n) is 7.45. The molecule has 13 nitrogen and oxygen atoms in total. The number of unbranched alkanes of at least 4 members (excludes halogenated alkanes) is 15. The molecule has 2 aromatic heterocycles. The molecule has 53 heavy (non-hydrogen) atoms. The van der Waals surface area contributed by atoms with Gasteiger partial charge in [-0.2, -0.15) is 10.4 Å². The normalized spacial score (nSPS) is 25.2. The summed E-state index contributed by atoms with van der Waals surface area (Å²) in [5.74, 6) is 0.193. The van der Waals surface area contributed by atoms with Gasteiger partial charge in [-0.25, -0.2) is 14.1 Å². The van der Waals surface area contributed by atoms with Crippen molar-refractivity contribution in [2.24, 2.45) is 0 Å². The van der Waals surface area contributed by atoms with Gasteiger partial charge in [0.1, 0.15) is 30.1 Å². The maximum absolute atomic E-state index is 13.2. The number of anilines is 1. The Bertz CT molecular complexity index is 1660. The van der Waals surface area contributed by atoms with Crippen molar-refractivity contribution >= 4 is 19.2 Å². The Morgan fingerprint density at radius 1 is 0.962 bits per heavy atom. The van der Waals surface area contributed by atoms with Crippen LogP contribution in [0, 0.1) is 11.3 Å². The standard InChI is InChI=1S/C39H58N5O8P/c1-2-3-4-5-6-7-8-9-10-11-12-13-14-15-16-20-23-31(49-26-30-21-18-17-19-22-30)27-50-53(47,48)52-37-38(28-40)39(37,46)35(45)34(51-38)32-24-25-33-36(41)42-29-43-44(32)33/h17-19,21-22,24-25,29,31,34-35,37,45-46H,2-16,20,23,26-27H2,1H3,(H,47,48)(H2,41,42,43)/t31-,34+,35-,37+,38+,39+/m0/s1. The van der Waals surface area contributed by atoms with E-state index in [1.54, 1.807) is 12.1 Å². The number of nitrogen functional groups attached to an aromatic ring is 1. The van der Waals surface area contributed by atoms with Crippen molar-refractivity contribution in [3.05, 3.63) is 60.0 Å². The van der Waals surface area contributed by atoms with Crippen molar-refractivity contribution < 1.29 is 38.2 Å². The van der Waals surface area contributed by atoms with Gasteiger partial charge in [0, 0.05) is 0 Å². The summed E-state index contributed by atoms with van der Waals surface area (Å²) in [4.78, 5) is 14.7. The number of benzene rings is 1. The van der Waals surface area contributed by atoms with Crippen LogP contribution in [0.1, 0.15) is 133 Å². The second-order valence-electron chi connectivity index (χ2n) is 14.6. The van der Waals surface area contributed by atoms with Crippen LogP contribution in [0.25, 0.3) is 5.52 Å². The Morgan fingerprint density at radius 3 is 2.15 bits per heavy atom. The predicted molar refractivity (Wildman–Crippen MR) is 200 cm³/mol. The van der Waals surface area contributed by atoms with E-state index in [-0.39, 0.29) is 12.4 Å². The zero-order valence-electron chi connectivity index (χ0n) is 31.1. The van der Waals surface area contributed by atoms with Crippen LogP contribution < -0.4 is 5.73 Å². The van der Waals surface area contributed by atoms with Gasteiger partial charge in [0.15, 0.2) is 17.5 Å². The van der Waals surface area contributed by atoms with Crippen molar-refractivity contribution in [3.63, 3.8) is 0 Å². The summed E-state index contributed by atoms with van der Waals surface area (Å²) >= 11 is 0.